The zero-order valence-electron chi connectivity index (χ0n) is 14.3. The van der Waals surface area contributed by atoms with E-state index in [1.54, 1.807) is 38.6 Å². The summed E-state index contributed by atoms with van der Waals surface area (Å²) in [5.41, 5.74) is 1.03. The first kappa shape index (κ1) is 16.7. The molecule has 6 heteroatoms. The van der Waals surface area contributed by atoms with Gasteiger partial charge in [0.15, 0.2) is 0 Å². The fourth-order valence-electron chi connectivity index (χ4n) is 2.76. The number of para-hydroxylation sites is 1. The number of methoxy groups -OCH3 is 1. The molecular formula is C19H19N3O3. The second-order valence-corrected chi connectivity index (χ2v) is 5.74. The molecule has 3 aromatic rings. The van der Waals surface area contributed by atoms with Crippen LogP contribution in [-0.4, -0.2) is 34.3 Å². The van der Waals surface area contributed by atoms with Gasteiger partial charge in [0, 0.05) is 25.0 Å². The maximum absolute atomic E-state index is 12.9. The van der Waals surface area contributed by atoms with Gasteiger partial charge in [-0.05, 0) is 25.1 Å². The molecule has 1 amide bonds. The number of carbonyl (C=O) groups excluding carboxylic acids is 1. The molecule has 128 valence electrons. The van der Waals surface area contributed by atoms with Gasteiger partial charge in [-0.15, -0.1) is 0 Å². The van der Waals surface area contributed by atoms with Crippen molar-refractivity contribution in [2.75, 3.05) is 14.2 Å². The van der Waals surface area contributed by atoms with E-state index < -0.39 is 0 Å². The van der Waals surface area contributed by atoms with E-state index in [0.717, 1.165) is 5.56 Å². The smallest absolute Gasteiger partial charge is 0.270 e. The molecule has 0 saturated heterocycles. The summed E-state index contributed by atoms with van der Waals surface area (Å²) in [6.45, 7) is 1.89. The molecule has 25 heavy (non-hydrogen) atoms. The summed E-state index contributed by atoms with van der Waals surface area (Å²) in [5.74, 6) is 0.317. The molecule has 0 saturated carbocycles. The van der Waals surface area contributed by atoms with E-state index in [1.165, 1.54) is 15.5 Å². The second-order valence-electron chi connectivity index (χ2n) is 5.74. The predicted molar refractivity (Wildman–Crippen MR) is 95.0 cm³/mol. The Morgan fingerprint density at radius 3 is 2.68 bits per heavy atom. The van der Waals surface area contributed by atoms with Crippen LogP contribution in [0.5, 0.6) is 5.75 Å². The van der Waals surface area contributed by atoms with Crippen LogP contribution in [0.2, 0.25) is 0 Å². The first-order chi connectivity index (χ1) is 12.0. The number of rotatable bonds is 4. The van der Waals surface area contributed by atoms with E-state index in [2.05, 4.69) is 4.98 Å². The van der Waals surface area contributed by atoms with Crippen molar-refractivity contribution in [1.82, 2.24) is 14.3 Å². The SMILES string of the molecule is COc1ccccc1C(C)N(C)C(=O)c1cnc2ccccn2c1=O. The van der Waals surface area contributed by atoms with Gasteiger partial charge >= 0.3 is 0 Å². The molecule has 2 heterocycles. The lowest BCUT2D eigenvalue weighted by molar-refractivity contribution is 0.0738. The van der Waals surface area contributed by atoms with Gasteiger partial charge < -0.3 is 9.64 Å². The lowest BCUT2D eigenvalue weighted by Crippen LogP contribution is -2.35. The Balaban J connectivity index is 1.98. The first-order valence-electron chi connectivity index (χ1n) is 7.91. The van der Waals surface area contributed by atoms with Crippen LogP contribution < -0.4 is 10.3 Å². The molecule has 2 aromatic heterocycles. The molecule has 0 bridgehead atoms. The van der Waals surface area contributed by atoms with Crippen LogP contribution in [0.4, 0.5) is 0 Å². The van der Waals surface area contributed by atoms with Crippen LogP contribution in [-0.2, 0) is 0 Å². The van der Waals surface area contributed by atoms with Gasteiger partial charge in [-0.2, -0.15) is 0 Å². The number of nitrogens with zero attached hydrogens (tertiary/aromatic N) is 3. The number of benzene rings is 1. The Kier molecular flexibility index (Phi) is 4.52. The Bertz CT molecular complexity index is 981. The summed E-state index contributed by atoms with van der Waals surface area (Å²) in [6, 6.07) is 12.5. The molecule has 0 aliphatic heterocycles. The average Bonchev–Trinajstić information content (AvgIpc) is 2.66. The molecule has 1 unspecified atom stereocenters. The number of ether oxygens (including phenoxy) is 1. The third kappa shape index (κ3) is 2.98. The summed E-state index contributed by atoms with van der Waals surface area (Å²) in [4.78, 5) is 31.2. The molecule has 0 aliphatic rings. The van der Waals surface area contributed by atoms with Gasteiger partial charge in [0.25, 0.3) is 11.5 Å². The van der Waals surface area contributed by atoms with Gasteiger partial charge in [0.05, 0.1) is 13.2 Å². The lowest BCUT2D eigenvalue weighted by Gasteiger charge is -2.26. The van der Waals surface area contributed by atoms with Crippen LogP contribution >= 0.6 is 0 Å². The van der Waals surface area contributed by atoms with Crippen molar-refractivity contribution in [3.8, 4) is 5.75 Å². The Morgan fingerprint density at radius 2 is 1.92 bits per heavy atom. The van der Waals surface area contributed by atoms with Gasteiger partial charge in [-0.1, -0.05) is 24.3 Å². The third-order valence-electron chi connectivity index (χ3n) is 4.33. The summed E-state index contributed by atoms with van der Waals surface area (Å²) in [6.07, 6.45) is 2.94. The highest BCUT2D eigenvalue weighted by atomic mass is 16.5. The standard InChI is InChI=1S/C19H19N3O3/c1-13(14-8-4-5-9-16(14)25-3)21(2)18(23)15-12-20-17-10-6-7-11-22(17)19(15)24/h4-13H,1-3H3. The maximum atomic E-state index is 12.9. The van der Waals surface area contributed by atoms with Crippen molar-refractivity contribution in [3.63, 3.8) is 0 Å². The molecule has 0 fully saturated rings. The number of carbonyl (C=O) groups is 1. The van der Waals surface area contributed by atoms with Crippen molar-refractivity contribution >= 4 is 11.6 Å². The predicted octanol–water partition coefficient (Wildman–Crippen LogP) is 2.54. The maximum Gasteiger partial charge on any atom is 0.270 e. The van der Waals surface area contributed by atoms with E-state index in [4.69, 9.17) is 4.74 Å². The lowest BCUT2D eigenvalue weighted by atomic mass is 10.1. The van der Waals surface area contributed by atoms with Crippen molar-refractivity contribution in [3.05, 3.63) is 76.3 Å². The number of pyridine rings is 1. The number of aromatic nitrogens is 2. The molecule has 0 spiro atoms. The monoisotopic (exact) mass is 337 g/mol. The Hall–Kier alpha value is -3.15. The largest absolute Gasteiger partial charge is 0.496 e. The molecule has 3 rings (SSSR count). The van der Waals surface area contributed by atoms with E-state index in [0.29, 0.717) is 11.4 Å². The minimum Gasteiger partial charge on any atom is -0.496 e. The molecule has 1 aromatic carbocycles. The minimum atomic E-state index is -0.380. The number of amides is 1. The Labute approximate surface area is 145 Å². The fourth-order valence-corrected chi connectivity index (χ4v) is 2.76. The number of fused-ring (bicyclic) bond motifs is 1. The van der Waals surface area contributed by atoms with E-state index in [-0.39, 0.29) is 23.1 Å². The molecule has 0 N–H and O–H groups in total. The van der Waals surface area contributed by atoms with Crippen molar-refractivity contribution < 1.29 is 9.53 Å². The zero-order chi connectivity index (χ0) is 18.0. The summed E-state index contributed by atoms with van der Waals surface area (Å²) in [7, 11) is 3.26. The topological polar surface area (TPSA) is 63.9 Å². The molecule has 0 aliphatic carbocycles. The molecule has 6 nitrogen and oxygen atoms in total. The van der Waals surface area contributed by atoms with Crippen molar-refractivity contribution in [2.45, 2.75) is 13.0 Å². The fraction of sp³-hybridized carbons (Fsp3) is 0.211. The van der Waals surface area contributed by atoms with Crippen LogP contribution in [0.1, 0.15) is 28.9 Å². The molecular weight excluding hydrogens is 318 g/mol. The van der Waals surface area contributed by atoms with Gasteiger partial charge in [0.2, 0.25) is 0 Å². The summed E-state index contributed by atoms with van der Waals surface area (Å²) in [5, 5.41) is 0. The zero-order valence-corrected chi connectivity index (χ0v) is 14.3. The van der Waals surface area contributed by atoms with E-state index in [1.807, 2.05) is 31.2 Å². The average molecular weight is 337 g/mol. The highest BCUT2D eigenvalue weighted by molar-refractivity contribution is 5.93. The number of hydrogen-bond donors (Lipinski definition) is 0. The van der Waals surface area contributed by atoms with Crippen LogP contribution in [0.3, 0.4) is 0 Å². The van der Waals surface area contributed by atoms with Gasteiger partial charge in [-0.25, -0.2) is 4.98 Å². The third-order valence-corrected chi connectivity index (χ3v) is 4.33. The van der Waals surface area contributed by atoms with Crippen molar-refractivity contribution in [2.24, 2.45) is 0 Å². The Morgan fingerprint density at radius 1 is 1.20 bits per heavy atom. The molecule has 0 radical (unpaired) electrons. The first-order valence-corrected chi connectivity index (χ1v) is 7.91. The van der Waals surface area contributed by atoms with Crippen LogP contribution in [0.25, 0.3) is 5.65 Å². The van der Waals surface area contributed by atoms with Crippen molar-refractivity contribution in [1.29, 1.82) is 0 Å². The normalized spacial score (nSPS) is 12.0. The van der Waals surface area contributed by atoms with E-state index in [9.17, 15) is 9.59 Å². The van der Waals surface area contributed by atoms with Crippen LogP contribution in [0.15, 0.2) is 59.7 Å². The van der Waals surface area contributed by atoms with Gasteiger partial charge in [-0.3, -0.25) is 14.0 Å². The highest BCUT2D eigenvalue weighted by Gasteiger charge is 2.24. The summed E-state index contributed by atoms with van der Waals surface area (Å²) >= 11 is 0. The van der Waals surface area contributed by atoms with Gasteiger partial charge in [0.1, 0.15) is 17.0 Å². The second kappa shape index (κ2) is 6.76. The van der Waals surface area contributed by atoms with Crippen LogP contribution in [0, 0.1) is 0 Å². The minimum absolute atomic E-state index is 0.0351. The van der Waals surface area contributed by atoms with E-state index >= 15 is 0 Å². The highest BCUT2D eigenvalue weighted by Crippen LogP contribution is 2.28. The quantitative estimate of drug-likeness (QED) is 0.734. The summed E-state index contributed by atoms with van der Waals surface area (Å²) < 4.78 is 6.74. The number of hydrogen-bond acceptors (Lipinski definition) is 4. The molecule has 1 atom stereocenters.